The maximum absolute atomic E-state index is 3.75. The van der Waals surface area contributed by atoms with Crippen molar-refractivity contribution in [3.63, 3.8) is 0 Å². The molecule has 0 N–H and O–H groups in total. The molecule has 0 aromatic carbocycles. The lowest BCUT2D eigenvalue weighted by Gasteiger charge is -2.05. The van der Waals surface area contributed by atoms with E-state index in [-0.39, 0.29) is 0 Å². The van der Waals surface area contributed by atoms with E-state index in [9.17, 15) is 0 Å². The number of unbranched alkanes of at least 4 members (excludes halogenated alkanes) is 7. The number of rotatable bonds is 12. The third-order valence-electron chi connectivity index (χ3n) is 3.26. The van der Waals surface area contributed by atoms with E-state index in [0.29, 0.717) is 0 Å². The monoisotopic (exact) mass is 236 g/mol. The van der Waals surface area contributed by atoms with Crippen LogP contribution in [-0.2, 0) is 0 Å². The summed E-state index contributed by atoms with van der Waals surface area (Å²) in [6.07, 6.45) is 20.2. The molecule has 0 fully saturated rings. The van der Waals surface area contributed by atoms with Crippen LogP contribution in [0.3, 0.4) is 0 Å². The molecular formula is C17H32. The summed E-state index contributed by atoms with van der Waals surface area (Å²) < 4.78 is 0. The minimum Gasteiger partial charge on any atom is -0.103 e. The van der Waals surface area contributed by atoms with Gasteiger partial charge in [-0.3, -0.25) is 0 Å². The molecule has 1 unspecified atom stereocenters. The molecule has 0 spiro atoms. The Morgan fingerprint density at radius 3 is 2.35 bits per heavy atom. The number of allylic oxidation sites excluding steroid dienone is 3. The van der Waals surface area contributed by atoms with Crippen molar-refractivity contribution in [2.24, 2.45) is 5.92 Å². The molecule has 0 heterocycles. The van der Waals surface area contributed by atoms with Gasteiger partial charge in [0.2, 0.25) is 0 Å². The minimum absolute atomic E-state index is 0.778. The van der Waals surface area contributed by atoms with Gasteiger partial charge in [-0.15, -0.1) is 6.58 Å². The summed E-state index contributed by atoms with van der Waals surface area (Å²) in [6, 6.07) is 0. The lowest BCUT2D eigenvalue weighted by Crippen LogP contribution is -1.89. The van der Waals surface area contributed by atoms with Crippen molar-refractivity contribution >= 4 is 0 Å². The van der Waals surface area contributed by atoms with Gasteiger partial charge in [-0.05, 0) is 38.0 Å². The molecule has 0 aliphatic heterocycles. The van der Waals surface area contributed by atoms with E-state index >= 15 is 0 Å². The molecule has 0 saturated heterocycles. The van der Waals surface area contributed by atoms with Crippen molar-refractivity contribution in [2.75, 3.05) is 0 Å². The predicted molar refractivity (Wildman–Crippen MR) is 80.3 cm³/mol. The maximum Gasteiger partial charge on any atom is -0.0262 e. The van der Waals surface area contributed by atoms with Crippen molar-refractivity contribution in [2.45, 2.75) is 78.1 Å². The van der Waals surface area contributed by atoms with Crippen LogP contribution in [-0.4, -0.2) is 0 Å². The van der Waals surface area contributed by atoms with Crippen LogP contribution < -0.4 is 0 Å². The van der Waals surface area contributed by atoms with Crippen LogP contribution in [0, 0.1) is 5.92 Å². The van der Waals surface area contributed by atoms with E-state index in [1.54, 1.807) is 0 Å². The SMILES string of the molecule is C=CCCCCCC=CC(C)CCCCCC. The van der Waals surface area contributed by atoms with Gasteiger partial charge in [-0.25, -0.2) is 0 Å². The molecule has 17 heavy (non-hydrogen) atoms. The summed E-state index contributed by atoms with van der Waals surface area (Å²) in [5.41, 5.74) is 0. The predicted octanol–water partition coefficient (Wildman–Crippen LogP) is 6.29. The summed E-state index contributed by atoms with van der Waals surface area (Å²) in [7, 11) is 0. The molecular weight excluding hydrogens is 204 g/mol. The average Bonchev–Trinajstić information content (AvgIpc) is 2.33. The van der Waals surface area contributed by atoms with Gasteiger partial charge in [-0.2, -0.15) is 0 Å². The summed E-state index contributed by atoms with van der Waals surface area (Å²) in [4.78, 5) is 0. The molecule has 0 saturated carbocycles. The first kappa shape index (κ1) is 16.5. The van der Waals surface area contributed by atoms with E-state index in [2.05, 4.69) is 32.6 Å². The molecule has 0 heteroatoms. The normalized spacial score (nSPS) is 13.1. The summed E-state index contributed by atoms with van der Waals surface area (Å²) >= 11 is 0. The molecule has 100 valence electrons. The smallest absolute Gasteiger partial charge is 0.0262 e. The van der Waals surface area contributed by atoms with Crippen molar-refractivity contribution in [3.8, 4) is 0 Å². The first-order chi connectivity index (χ1) is 8.31. The van der Waals surface area contributed by atoms with E-state index < -0.39 is 0 Å². The molecule has 0 radical (unpaired) electrons. The minimum atomic E-state index is 0.778. The van der Waals surface area contributed by atoms with Crippen LogP contribution in [0.1, 0.15) is 78.1 Å². The molecule has 0 nitrogen and oxygen atoms in total. The Morgan fingerprint density at radius 1 is 0.941 bits per heavy atom. The van der Waals surface area contributed by atoms with Crippen molar-refractivity contribution < 1.29 is 0 Å². The zero-order valence-corrected chi connectivity index (χ0v) is 12.1. The van der Waals surface area contributed by atoms with Gasteiger partial charge < -0.3 is 0 Å². The second-order valence-corrected chi connectivity index (χ2v) is 5.18. The van der Waals surface area contributed by atoms with Crippen LogP contribution >= 0.6 is 0 Å². The van der Waals surface area contributed by atoms with Crippen LogP contribution in [0.25, 0.3) is 0 Å². The molecule has 0 aromatic heterocycles. The van der Waals surface area contributed by atoms with Crippen molar-refractivity contribution in [3.05, 3.63) is 24.8 Å². The van der Waals surface area contributed by atoms with Gasteiger partial charge in [0.25, 0.3) is 0 Å². The number of hydrogen-bond acceptors (Lipinski definition) is 0. The fourth-order valence-corrected chi connectivity index (χ4v) is 2.05. The van der Waals surface area contributed by atoms with Crippen LogP contribution in [0.5, 0.6) is 0 Å². The Kier molecular flexibility index (Phi) is 13.1. The Balaban J connectivity index is 3.27. The molecule has 0 aliphatic carbocycles. The summed E-state index contributed by atoms with van der Waals surface area (Å²) in [5.74, 6) is 0.778. The van der Waals surface area contributed by atoms with Crippen LogP contribution in [0.4, 0.5) is 0 Å². The highest BCUT2D eigenvalue weighted by Crippen LogP contribution is 2.12. The van der Waals surface area contributed by atoms with E-state index in [1.165, 1.54) is 64.2 Å². The van der Waals surface area contributed by atoms with Crippen molar-refractivity contribution in [1.29, 1.82) is 0 Å². The van der Waals surface area contributed by atoms with E-state index in [4.69, 9.17) is 0 Å². The van der Waals surface area contributed by atoms with Crippen LogP contribution in [0.15, 0.2) is 24.8 Å². The standard InChI is InChI=1S/C17H32/c1-4-6-8-10-11-12-14-16-17(3)15-13-9-7-5-2/h4,14,16-17H,1,5-13,15H2,2-3H3. The zero-order chi connectivity index (χ0) is 12.8. The second-order valence-electron chi connectivity index (χ2n) is 5.18. The first-order valence-electron chi connectivity index (χ1n) is 7.58. The van der Waals surface area contributed by atoms with Gasteiger partial charge in [-0.1, -0.05) is 64.2 Å². The first-order valence-corrected chi connectivity index (χ1v) is 7.58. The fourth-order valence-electron chi connectivity index (χ4n) is 2.05. The van der Waals surface area contributed by atoms with Gasteiger partial charge in [0.1, 0.15) is 0 Å². The lowest BCUT2D eigenvalue weighted by atomic mass is 10.0. The second kappa shape index (κ2) is 13.5. The quantitative estimate of drug-likeness (QED) is 0.276. The van der Waals surface area contributed by atoms with E-state index in [0.717, 1.165) is 5.92 Å². The summed E-state index contributed by atoms with van der Waals surface area (Å²) in [6.45, 7) is 8.37. The molecule has 0 aromatic rings. The molecule has 0 aliphatic rings. The topological polar surface area (TPSA) is 0 Å². The highest BCUT2D eigenvalue weighted by molar-refractivity contribution is 4.86. The Morgan fingerprint density at radius 2 is 1.65 bits per heavy atom. The van der Waals surface area contributed by atoms with Gasteiger partial charge >= 0.3 is 0 Å². The van der Waals surface area contributed by atoms with Gasteiger partial charge in [0.05, 0.1) is 0 Å². The lowest BCUT2D eigenvalue weighted by molar-refractivity contribution is 0.559. The largest absolute Gasteiger partial charge is 0.103 e. The third kappa shape index (κ3) is 13.4. The molecule has 0 rings (SSSR count). The third-order valence-corrected chi connectivity index (χ3v) is 3.26. The maximum atomic E-state index is 3.75. The fraction of sp³-hybridized carbons (Fsp3) is 0.765. The Bertz CT molecular complexity index is 178. The molecule has 1 atom stereocenters. The molecule has 0 amide bonds. The van der Waals surface area contributed by atoms with Gasteiger partial charge in [0, 0.05) is 0 Å². The van der Waals surface area contributed by atoms with Gasteiger partial charge in [0.15, 0.2) is 0 Å². The Hall–Kier alpha value is -0.520. The van der Waals surface area contributed by atoms with Crippen molar-refractivity contribution in [1.82, 2.24) is 0 Å². The molecule has 0 bridgehead atoms. The van der Waals surface area contributed by atoms with E-state index in [1.807, 2.05) is 6.08 Å². The average molecular weight is 236 g/mol. The van der Waals surface area contributed by atoms with Crippen LogP contribution in [0.2, 0.25) is 0 Å². The summed E-state index contributed by atoms with van der Waals surface area (Å²) in [5, 5.41) is 0. The number of hydrogen-bond donors (Lipinski definition) is 0. The zero-order valence-electron chi connectivity index (χ0n) is 12.1. The highest BCUT2D eigenvalue weighted by atomic mass is 14.0. The Labute approximate surface area is 109 Å². The highest BCUT2D eigenvalue weighted by Gasteiger charge is 1.96.